The zero-order valence-electron chi connectivity index (χ0n) is 16.5. The highest BCUT2D eigenvalue weighted by Crippen LogP contribution is 2.28. The van der Waals surface area contributed by atoms with Crippen LogP contribution in [0.1, 0.15) is 58.4 Å². The van der Waals surface area contributed by atoms with E-state index in [1.807, 2.05) is 6.92 Å². The lowest BCUT2D eigenvalue weighted by Crippen LogP contribution is -2.26. The molecule has 0 saturated carbocycles. The SMILES string of the molecule is COc1cc(C(C)=O)ccc1OCCCC(=O)N[C@H](C)c1cc(C)sc1C. The summed E-state index contributed by atoms with van der Waals surface area (Å²) in [4.78, 5) is 26.1. The maximum atomic E-state index is 12.2. The van der Waals surface area contributed by atoms with Crippen molar-refractivity contribution in [3.8, 4) is 11.5 Å². The third-order valence-electron chi connectivity index (χ3n) is 4.30. The monoisotopic (exact) mass is 389 g/mol. The molecule has 1 amide bonds. The van der Waals surface area contributed by atoms with E-state index in [-0.39, 0.29) is 17.7 Å². The normalized spacial score (nSPS) is 11.7. The number of carbonyl (C=O) groups excluding carboxylic acids is 2. The Balaban J connectivity index is 1.80. The molecular weight excluding hydrogens is 362 g/mol. The van der Waals surface area contributed by atoms with Gasteiger partial charge >= 0.3 is 0 Å². The summed E-state index contributed by atoms with van der Waals surface area (Å²) in [5, 5.41) is 3.04. The van der Waals surface area contributed by atoms with Crippen molar-refractivity contribution in [1.29, 1.82) is 0 Å². The summed E-state index contributed by atoms with van der Waals surface area (Å²) in [5.41, 5.74) is 1.75. The minimum atomic E-state index is -0.0262. The number of Topliss-reactive ketones (excluding diaryl/α,β-unsaturated/α-hetero) is 1. The summed E-state index contributed by atoms with van der Waals surface area (Å²) in [6.45, 7) is 8.06. The third kappa shape index (κ3) is 5.82. The number of thiophene rings is 1. The van der Waals surface area contributed by atoms with Crippen LogP contribution >= 0.6 is 11.3 Å². The Morgan fingerprint density at radius 2 is 1.93 bits per heavy atom. The number of methoxy groups -OCH3 is 1. The highest BCUT2D eigenvalue weighted by molar-refractivity contribution is 7.12. The summed E-state index contributed by atoms with van der Waals surface area (Å²) < 4.78 is 11.0. The molecule has 0 aliphatic rings. The average Bonchev–Trinajstić information content (AvgIpc) is 2.96. The largest absolute Gasteiger partial charge is 0.493 e. The molecular formula is C21H27NO4S. The van der Waals surface area contributed by atoms with Gasteiger partial charge in [-0.1, -0.05) is 0 Å². The van der Waals surface area contributed by atoms with E-state index in [0.29, 0.717) is 36.5 Å². The van der Waals surface area contributed by atoms with E-state index in [2.05, 4.69) is 25.2 Å². The van der Waals surface area contributed by atoms with Crippen molar-refractivity contribution in [3.63, 3.8) is 0 Å². The molecule has 1 atom stereocenters. The molecule has 2 rings (SSSR count). The quantitative estimate of drug-likeness (QED) is 0.502. The van der Waals surface area contributed by atoms with Gasteiger partial charge in [-0.15, -0.1) is 11.3 Å². The lowest BCUT2D eigenvalue weighted by molar-refractivity contribution is -0.121. The van der Waals surface area contributed by atoms with Gasteiger partial charge in [0.15, 0.2) is 17.3 Å². The number of ether oxygens (including phenoxy) is 2. The first-order valence-electron chi connectivity index (χ1n) is 9.00. The van der Waals surface area contributed by atoms with Crippen LogP contribution in [0.4, 0.5) is 0 Å². The van der Waals surface area contributed by atoms with Crippen LogP contribution in [0.25, 0.3) is 0 Å². The number of nitrogens with one attached hydrogen (secondary N) is 1. The molecule has 146 valence electrons. The van der Waals surface area contributed by atoms with E-state index < -0.39 is 0 Å². The van der Waals surface area contributed by atoms with Crippen molar-refractivity contribution in [1.82, 2.24) is 5.32 Å². The topological polar surface area (TPSA) is 64.6 Å². The first-order chi connectivity index (χ1) is 12.8. The second-order valence-corrected chi connectivity index (χ2v) is 7.99. The molecule has 0 aliphatic heterocycles. The Kier molecular flexibility index (Phi) is 7.42. The Bertz CT molecular complexity index is 813. The minimum absolute atomic E-state index is 0.00240. The summed E-state index contributed by atoms with van der Waals surface area (Å²) in [5.74, 6) is 1.07. The molecule has 1 heterocycles. The summed E-state index contributed by atoms with van der Waals surface area (Å²) in [6, 6.07) is 7.23. The Morgan fingerprint density at radius 3 is 2.52 bits per heavy atom. The van der Waals surface area contributed by atoms with Crippen LogP contribution in [-0.4, -0.2) is 25.4 Å². The number of ketones is 1. The Hall–Kier alpha value is -2.34. The van der Waals surface area contributed by atoms with Crippen LogP contribution in [0.3, 0.4) is 0 Å². The molecule has 1 aromatic heterocycles. The van der Waals surface area contributed by atoms with Crippen molar-refractivity contribution < 1.29 is 19.1 Å². The first-order valence-corrected chi connectivity index (χ1v) is 9.81. The maximum Gasteiger partial charge on any atom is 0.220 e. The predicted octanol–water partition coefficient (Wildman–Crippen LogP) is 4.61. The number of hydrogen-bond donors (Lipinski definition) is 1. The summed E-state index contributed by atoms with van der Waals surface area (Å²) in [6.07, 6.45) is 0.984. The van der Waals surface area contributed by atoms with Gasteiger partial charge in [-0.25, -0.2) is 0 Å². The molecule has 0 radical (unpaired) electrons. The van der Waals surface area contributed by atoms with Gasteiger partial charge in [0.2, 0.25) is 5.91 Å². The Morgan fingerprint density at radius 1 is 1.19 bits per heavy atom. The third-order valence-corrected chi connectivity index (χ3v) is 5.28. The van der Waals surface area contributed by atoms with E-state index in [4.69, 9.17) is 9.47 Å². The van der Waals surface area contributed by atoms with Crippen molar-refractivity contribution >= 4 is 23.0 Å². The van der Waals surface area contributed by atoms with Gasteiger partial charge < -0.3 is 14.8 Å². The van der Waals surface area contributed by atoms with E-state index in [9.17, 15) is 9.59 Å². The number of aryl methyl sites for hydroxylation is 2. The Labute approximate surface area is 164 Å². The number of rotatable bonds is 9. The van der Waals surface area contributed by atoms with Crippen LogP contribution in [0.15, 0.2) is 24.3 Å². The molecule has 0 aliphatic carbocycles. The van der Waals surface area contributed by atoms with Crippen molar-refractivity contribution in [2.75, 3.05) is 13.7 Å². The molecule has 0 spiro atoms. The van der Waals surface area contributed by atoms with Crippen molar-refractivity contribution in [3.05, 3.63) is 45.1 Å². The highest BCUT2D eigenvalue weighted by atomic mass is 32.1. The molecule has 27 heavy (non-hydrogen) atoms. The van der Waals surface area contributed by atoms with Crippen LogP contribution in [0.2, 0.25) is 0 Å². The highest BCUT2D eigenvalue weighted by Gasteiger charge is 2.14. The van der Waals surface area contributed by atoms with E-state index in [0.717, 1.165) is 0 Å². The van der Waals surface area contributed by atoms with Gasteiger partial charge in [0.05, 0.1) is 19.8 Å². The predicted molar refractivity (Wildman–Crippen MR) is 108 cm³/mol. The van der Waals surface area contributed by atoms with E-state index >= 15 is 0 Å². The smallest absolute Gasteiger partial charge is 0.220 e. The van der Waals surface area contributed by atoms with Gasteiger partial charge in [-0.05, 0) is 63.9 Å². The molecule has 5 nitrogen and oxygen atoms in total. The van der Waals surface area contributed by atoms with Gasteiger partial charge in [0, 0.05) is 21.7 Å². The zero-order chi connectivity index (χ0) is 20.0. The average molecular weight is 390 g/mol. The molecule has 6 heteroatoms. The molecule has 0 fully saturated rings. The number of amides is 1. The second kappa shape index (κ2) is 9.55. The summed E-state index contributed by atoms with van der Waals surface area (Å²) in [7, 11) is 1.54. The van der Waals surface area contributed by atoms with Crippen LogP contribution < -0.4 is 14.8 Å². The molecule has 1 aromatic carbocycles. The first kappa shape index (κ1) is 21.0. The van der Waals surface area contributed by atoms with Gasteiger partial charge in [0.25, 0.3) is 0 Å². The van der Waals surface area contributed by atoms with Crippen LogP contribution in [0, 0.1) is 13.8 Å². The minimum Gasteiger partial charge on any atom is -0.493 e. The van der Waals surface area contributed by atoms with E-state index in [1.165, 1.54) is 29.4 Å². The number of benzene rings is 1. The zero-order valence-corrected chi connectivity index (χ0v) is 17.4. The van der Waals surface area contributed by atoms with Crippen LogP contribution in [-0.2, 0) is 4.79 Å². The van der Waals surface area contributed by atoms with Crippen LogP contribution in [0.5, 0.6) is 11.5 Å². The fourth-order valence-corrected chi connectivity index (χ4v) is 3.91. The molecule has 0 unspecified atom stereocenters. The fourth-order valence-electron chi connectivity index (χ4n) is 2.89. The molecule has 1 N–H and O–H groups in total. The van der Waals surface area contributed by atoms with E-state index in [1.54, 1.807) is 29.5 Å². The maximum absolute atomic E-state index is 12.2. The fraction of sp³-hybridized carbons (Fsp3) is 0.429. The summed E-state index contributed by atoms with van der Waals surface area (Å²) >= 11 is 1.75. The van der Waals surface area contributed by atoms with Gasteiger partial charge in [0.1, 0.15) is 0 Å². The standard InChI is InChI=1S/C21H27NO4S/c1-13-11-18(16(4)27-13)14(2)22-21(24)7-6-10-26-19-9-8-17(15(3)23)12-20(19)25-5/h8-9,11-12,14H,6-7,10H2,1-5H3,(H,22,24)/t14-/m1/s1. The second-order valence-electron chi connectivity index (χ2n) is 6.53. The number of hydrogen-bond acceptors (Lipinski definition) is 5. The molecule has 2 aromatic rings. The van der Waals surface area contributed by atoms with Crippen molar-refractivity contribution in [2.45, 2.75) is 46.6 Å². The lowest BCUT2D eigenvalue weighted by Gasteiger charge is -2.14. The molecule has 0 bridgehead atoms. The molecule has 0 saturated heterocycles. The van der Waals surface area contributed by atoms with Crippen molar-refractivity contribution in [2.24, 2.45) is 0 Å². The lowest BCUT2D eigenvalue weighted by atomic mass is 10.1. The van der Waals surface area contributed by atoms with Gasteiger partial charge in [-0.3, -0.25) is 9.59 Å². The van der Waals surface area contributed by atoms with Gasteiger partial charge in [-0.2, -0.15) is 0 Å². The number of carbonyl (C=O) groups is 2.